The average Bonchev–Trinajstić information content (AvgIpc) is 3.49. The van der Waals surface area contributed by atoms with Crippen molar-refractivity contribution in [1.29, 1.82) is 0 Å². The third-order valence-corrected chi connectivity index (χ3v) is 14.0. The zero-order chi connectivity index (χ0) is 32.8. The second kappa shape index (κ2) is 13.8. The van der Waals surface area contributed by atoms with Crippen molar-refractivity contribution in [3.05, 3.63) is 139 Å². The molecule has 0 unspecified atom stereocenters. The van der Waals surface area contributed by atoms with E-state index in [2.05, 4.69) is 106 Å². The second-order valence-electron chi connectivity index (χ2n) is 12.9. The van der Waals surface area contributed by atoms with Gasteiger partial charge in [0.1, 0.15) is 0 Å². The van der Waals surface area contributed by atoms with Crippen LogP contribution in [0, 0.1) is 12.1 Å². The normalized spacial score (nSPS) is 12.1. The van der Waals surface area contributed by atoms with Gasteiger partial charge in [0, 0.05) is 32.4 Å². The van der Waals surface area contributed by atoms with E-state index in [1.165, 1.54) is 46.1 Å². The molecule has 0 N–H and O–H groups in total. The molecule has 0 aliphatic carbocycles. The Labute approximate surface area is 299 Å². The van der Waals surface area contributed by atoms with E-state index in [9.17, 15) is 0 Å². The molecule has 0 bridgehead atoms. The zero-order valence-corrected chi connectivity index (χ0v) is 32.5. The number of hydrogen-bond acceptors (Lipinski definition) is 3. The van der Waals surface area contributed by atoms with Gasteiger partial charge >= 0.3 is 99.8 Å². The third-order valence-electron chi connectivity index (χ3n) is 8.52. The maximum Gasteiger partial charge on any atom is 0 e. The van der Waals surface area contributed by atoms with Crippen LogP contribution in [-0.4, -0.2) is 23.2 Å². The van der Waals surface area contributed by atoms with E-state index in [1.807, 2.05) is 80.0 Å². The van der Waals surface area contributed by atoms with Crippen molar-refractivity contribution in [2.75, 3.05) is 0 Å². The van der Waals surface area contributed by atoms with Gasteiger partial charge in [-0.2, -0.15) is 11.3 Å². The summed E-state index contributed by atoms with van der Waals surface area (Å²) in [5, 5.41) is 7.70. The van der Waals surface area contributed by atoms with Crippen molar-refractivity contribution in [3.63, 3.8) is 0 Å². The standard InChI is InChI=1S/C28H20NS.C14H16GeN.Ir/c1-17(2)18-14-15-29-25(16-18)23-12-7-13-24-26-21-10-5-3-8-19(21)20-9-4-6-11-22(20)28(26)30-27(23)24;1-15(2,3)13-9-10-14(16-11-13)12-7-5-4-6-8-12;/h3-11,13-17H,1-2H3;4-7,9-11H,1-3H3;/q2*-1;/i17D;;. The van der Waals surface area contributed by atoms with Crippen LogP contribution in [0.1, 0.15) is 26.7 Å². The number of thiophene rings is 1. The van der Waals surface area contributed by atoms with E-state index in [-0.39, 0.29) is 20.1 Å². The molecule has 0 aliphatic rings. The Kier molecular flexibility index (Phi) is 9.38. The molecule has 0 saturated carbocycles. The van der Waals surface area contributed by atoms with E-state index in [0.717, 1.165) is 28.1 Å². The summed E-state index contributed by atoms with van der Waals surface area (Å²) < 4.78 is 12.4. The van der Waals surface area contributed by atoms with Gasteiger partial charge in [0.05, 0.1) is 0 Å². The summed E-state index contributed by atoms with van der Waals surface area (Å²) in [7, 11) is 0. The molecule has 0 amide bonds. The molecule has 0 saturated heterocycles. The van der Waals surface area contributed by atoms with E-state index < -0.39 is 19.2 Å². The molecule has 47 heavy (non-hydrogen) atoms. The van der Waals surface area contributed by atoms with Gasteiger partial charge in [-0.25, -0.2) is 0 Å². The quantitative estimate of drug-likeness (QED) is 0.100. The summed E-state index contributed by atoms with van der Waals surface area (Å²) in [6.45, 7) is 3.82. The monoisotopic (exact) mass is 868 g/mol. The van der Waals surface area contributed by atoms with Gasteiger partial charge in [-0.3, -0.25) is 0 Å². The minimum atomic E-state index is -1.72. The smallest absolute Gasteiger partial charge is 0 e. The largest absolute Gasteiger partial charge is 0 e. The summed E-state index contributed by atoms with van der Waals surface area (Å²) in [5.41, 5.74) is 4.92. The van der Waals surface area contributed by atoms with Gasteiger partial charge in [0.2, 0.25) is 0 Å². The van der Waals surface area contributed by atoms with E-state index in [4.69, 9.17) is 1.37 Å². The SMILES string of the molecule is [2H]C(C)(C)c1ccnc(-c2[c-]ccc3c2sc2c4ccccc4c4ccccc4c32)c1.[CH3][Ge]([CH3])([CH3])[c]1ccc(-c2[c-]cccc2)nc1.[Ir]. The van der Waals surface area contributed by atoms with E-state index in [0.29, 0.717) is 0 Å². The van der Waals surface area contributed by atoms with Crippen LogP contribution in [0.4, 0.5) is 0 Å². The maximum atomic E-state index is 8.43. The molecule has 0 fully saturated rings. The van der Waals surface area contributed by atoms with Gasteiger partial charge in [-0.15, -0.1) is 23.8 Å². The first kappa shape index (κ1) is 31.9. The van der Waals surface area contributed by atoms with Gasteiger partial charge in [0.15, 0.2) is 0 Å². The number of fused-ring (bicyclic) bond motifs is 8. The molecule has 3 aromatic heterocycles. The third kappa shape index (κ3) is 6.58. The van der Waals surface area contributed by atoms with Crippen molar-refractivity contribution in [3.8, 4) is 22.5 Å². The van der Waals surface area contributed by atoms with Crippen LogP contribution < -0.4 is 4.40 Å². The Hall–Kier alpha value is -3.67. The number of pyridine rings is 2. The minimum absolute atomic E-state index is 0. The van der Waals surface area contributed by atoms with Crippen molar-refractivity contribution in [2.24, 2.45) is 0 Å². The summed E-state index contributed by atoms with van der Waals surface area (Å²) in [4.78, 5) is 9.19. The first-order valence-electron chi connectivity index (χ1n) is 16.2. The Morgan fingerprint density at radius 3 is 2.04 bits per heavy atom. The molecule has 0 spiro atoms. The summed E-state index contributed by atoms with van der Waals surface area (Å²) in [6.07, 6.45) is 3.85. The van der Waals surface area contributed by atoms with Crippen molar-refractivity contribution in [2.45, 2.75) is 37.0 Å². The molecular weight excluding hydrogens is 829 g/mol. The first-order chi connectivity index (χ1) is 22.6. The number of hydrogen-bond donors (Lipinski definition) is 0. The van der Waals surface area contributed by atoms with Crippen LogP contribution in [0.25, 0.3) is 64.2 Å². The zero-order valence-electron chi connectivity index (χ0n) is 28.2. The molecule has 5 aromatic carbocycles. The average molecular weight is 867 g/mol. The van der Waals surface area contributed by atoms with Crippen LogP contribution >= 0.6 is 11.3 Å². The Bertz CT molecular complexity index is 2370. The predicted octanol–water partition coefficient (Wildman–Crippen LogP) is 11.4. The molecule has 0 atom stereocenters. The minimum Gasteiger partial charge on any atom is 0 e. The van der Waals surface area contributed by atoms with Crippen LogP contribution in [0.3, 0.4) is 0 Å². The molecule has 2 nitrogen and oxygen atoms in total. The second-order valence-corrected chi connectivity index (χ2v) is 24.6. The number of nitrogens with zero attached hydrogens (tertiary/aromatic N) is 2. The van der Waals surface area contributed by atoms with Crippen LogP contribution in [0.2, 0.25) is 17.3 Å². The summed E-state index contributed by atoms with van der Waals surface area (Å²) >= 11 is 0.107. The molecular formula is C42H36GeIrN2S-2. The summed E-state index contributed by atoms with van der Waals surface area (Å²) in [6, 6.07) is 44.5. The Morgan fingerprint density at radius 2 is 1.38 bits per heavy atom. The van der Waals surface area contributed by atoms with Gasteiger partial charge in [0.25, 0.3) is 0 Å². The molecule has 8 rings (SSSR count). The van der Waals surface area contributed by atoms with E-state index in [1.54, 1.807) is 0 Å². The Morgan fingerprint density at radius 1 is 0.681 bits per heavy atom. The number of benzene rings is 5. The molecule has 8 aromatic rings. The van der Waals surface area contributed by atoms with Crippen LogP contribution in [-0.2, 0) is 20.1 Å². The number of aromatic nitrogens is 2. The first-order valence-corrected chi connectivity index (χ1v) is 23.8. The maximum absolute atomic E-state index is 8.43. The van der Waals surface area contributed by atoms with Crippen LogP contribution in [0.15, 0.2) is 122 Å². The van der Waals surface area contributed by atoms with Crippen molar-refractivity contribution in [1.82, 2.24) is 9.97 Å². The number of rotatable bonds is 4. The fraction of sp³-hybridized carbons (Fsp3) is 0.143. The Balaban J connectivity index is 0.000000201. The topological polar surface area (TPSA) is 25.8 Å². The van der Waals surface area contributed by atoms with Gasteiger partial charge in [-0.1, -0.05) is 79.4 Å². The van der Waals surface area contributed by atoms with Crippen LogP contribution in [0.5, 0.6) is 0 Å². The fourth-order valence-corrected chi connectivity index (χ4v) is 9.52. The molecule has 1 radical (unpaired) electrons. The molecule has 0 aliphatic heterocycles. The molecule has 235 valence electrons. The van der Waals surface area contributed by atoms with Gasteiger partial charge in [-0.05, 0) is 49.3 Å². The fourth-order valence-electron chi connectivity index (χ4n) is 5.99. The predicted molar refractivity (Wildman–Crippen MR) is 202 cm³/mol. The summed E-state index contributed by atoms with van der Waals surface area (Å²) in [5.74, 6) is 6.47. The van der Waals surface area contributed by atoms with Crippen molar-refractivity contribution >= 4 is 70.7 Å². The van der Waals surface area contributed by atoms with Crippen molar-refractivity contribution < 1.29 is 21.5 Å². The molecule has 3 heterocycles. The molecule has 5 heteroatoms. The van der Waals surface area contributed by atoms with Gasteiger partial charge < -0.3 is 4.98 Å². The van der Waals surface area contributed by atoms with E-state index >= 15 is 0 Å².